The van der Waals surface area contributed by atoms with E-state index in [1.54, 1.807) is 11.9 Å². The molecular weight excluding hydrogens is 250 g/mol. The van der Waals surface area contributed by atoms with E-state index in [1.807, 2.05) is 24.3 Å². The van der Waals surface area contributed by atoms with Crippen LogP contribution in [-0.2, 0) is 6.54 Å². The first-order valence-corrected chi connectivity index (χ1v) is 6.51. The molecule has 0 aliphatic heterocycles. The monoisotopic (exact) mass is 272 g/mol. The molecule has 1 N–H and O–H groups in total. The van der Waals surface area contributed by atoms with Crippen molar-refractivity contribution in [3.05, 3.63) is 29.8 Å². The van der Waals surface area contributed by atoms with E-state index in [0.29, 0.717) is 13.2 Å². The summed E-state index contributed by atoms with van der Waals surface area (Å²) in [6, 6.07) is 7.81. The second-order valence-corrected chi connectivity index (χ2v) is 4.43. The standard InChI is InChI=1S/C14H22F2N2O/c1-3-17-10-12-4-6-13(7-5-12)19-9-8-18(2)11-14(15)16/h4-7,14,17H,3,8-11H2,1-2H3. The lowest BCUT2D eigenvalue weighted by atomic mass is 10.2. The van der Waals surface area contributed by atoms with Crippen LogP contribution < -0.4 is 10.1 Å². The molecular formula is C14H22F2N2O. The third-order valence-corrected chi connectivity index (χ3v) is 2.69. The summed E-state index contributed by atoms with van der Waals surface area (Å²) in [5.41, 5.74) is 1.20. The molecule has 3 nitrogen and oxygen atoms in total. The predicted octanol–water partition coefficient (Wildman–Crippen LogP) is 2.37. The maximum Gasteiger partial charge on any atom is 0.251 e. The second-order valence-electron chi connectivity index (χ2n) is 4.43. The molecule has 1 aromatic carbocycles. The van der Waals surface area contributed by atoms with Gasteiger partial charge in [-0.3, -0.25) is 4.90 Å². The summed E-state index contributed by atoms with van der Waals surface area (Å²) in [6.07, 6.45) is -2.30. The number of likely N-dealkylation sites (N-methyl/N-ethyl adjacent to an activating group) is 1. The van der Waals surface area contributed by atoms with Gasteiger partial charge in [0.2, 0.25) is 0 Å². The highest BCUT2D eigenvalue weighted by Gasteiger charge is 2.07. The third kappa shape index (κ3) is 7.08. The Kier molecular flexibility index (Phi) is 7.36. The van der Waals surface area contributed by atoms with Crippen molar-refractivity contribution < 1.29 is 13.5 Å². The molecule has 1 aromatic rings. The van der Waals surface area contributed by atoms with E-state index < -0.39 is 6.43 Å². The fourth-order valence-corrected chi connectivity index (χ4v) is 1.62. The number of halogens is 2. The Labute approximate surface area is 113 Å². The summed E-state index contributed by atoms with van der Waals surface area (Å²) in [5.74, 6) is 0.769. The van der Waals surface area contributed by atoms with Gasteiger partial charge in [0.05, 0.1) is 6.54 Å². The number of hydrogen-bond donors (Lipinski definition) is 1. The fourth-order valence-electron chi connectivity index (χ4n) is 1.62. The Morgan fingerprint density at radius 2 is 1.95 bits per heavy atom. The van der Waals surface area contributed by atoms with Gasteiger partial charge in [-0.1, -0.05) is 19.1 Å². The summed E-state index contributed by atoms with van der Waals surface area (Å²) in [7, 11) is 1.66. The molecule has 0 radical (unpaired) electrons. The largest absolute Gasteiger partial charge is 0.492 e. The van der Waals surface area contributed by atoms with Crippen molar-refractivity contribution in [2.75, 3.05) is 33.3 Å². The third-order valence-electron chi connectivity index (χ3n) is 2.69. The molecule has 0 saturated carbocycles. The first-order valence-electron chi connectivity index (χ1n) is 6.51. The maximum absolute atomic E-state index is 12.1. The lowest BCUT2D eigenvalue weighted by Gasteiger charge is -2.16. The van der Waals surface area contributed by atoms with Gasteiger partial charge in [0.15, 0.2) is 0 Å². The zero-order chi connectivity index (χ0) is 14.1. The molecule has 0 heterocycles. The van der Waals surface area contributed by atoms with Gasteiger partial charge in [-0.2, -0.15) is 0 Å². The molecule has 1 rings (SSSR count). The van der Waals surface area contributed by atoms with Crippen LogP contribution in [0.3, 0.4) is 0 Å². The van der Waals surface area contributed by atoms with Crippen LogP contribution in [0.4, 0.5) is 8.78 Å². The van der Waals surface area contributed by atoms with E-state index in [2.05, 4.69) is 12.2 Å². The van der Waals surface area contributed by atoms with Crippen molar-refractivity contribution in [1.29, 1.82) is 0 Å². The van der Waals surface area contributed by atoms with E-state index in [4.69, 9.17) is 4.74 Å². The Bertz CT molecular complexity index is 344. The van der Waals surface area contributed by atoms with Crippen molar-refractivity contribution in [2.45, 2.75) is 19.9 Å². The number of nitrogens with zero attached hydrogens (tertiary/aromatic N) is 1. The van der Waals surface area contributed by atoms with E-state index >= 15 is 0 Å². The molecule has 108 valence electrons. The van der Waals surface area contributed by atoms with Crippen LogP contribution in [0.25, 0.3) is 0 Å². The van der Waals surface area contributed by atoms with Crippen molar-refractivity contribution in [1.82, 2.24) is 10.2 Å². The molecule has 0 bridgehead atoms. The number of rotatable bonds is 9. The van der Waals surface area contributed by atoms with Crippen molar-refractivity contribution >= 4 is 0 Å². The SMILES string of the molecule is CCNCc1ccc(OCCN(C)CC(F)F)cc1. The summed E-state index contributed by atoms with van der Waals surface area (Å²) in [4.78, 5) is 1.56. The van der Waals surface area contributed by atoms with Gasteiger partial charge in [-0.05, 0) is 31.3 Å². The lowest BCUT2D eigenvalue weighted by molar-refractivity contribution is 0.0935. The summed E-state index contributed by atoms with van der Waals surface area (Å²) in [5, 5.41) is 3.24. The molecule has 0 spiro atoms. The number of hydrogen-bond acceptors (Lipinski definition) is 3. The number of nitrogens with one attached hydrogen (secondary N) is 1. The van der Waals surface area contributed by atoms with Gasteiger partial charge < -0.3 is 10.1 Å². The lowest BCUT2D eigenvalue weighted by Crippen LogP contribution is -2.28. The number of ether oxygens (including phenoxy) is 1. The molecule has 19 heavy (non-hydrogen) atoms. The smallest absolute Gasteiger partial charge is 0.251 e. The molecule has 5 heteroatoms. The Balaban J connectivity index is 2.26. The van der Waals surface area contributed by atoms with E-state index in [0.717, 1.165) is 18.8 Å². The topological polar surface area (TPSA) is 24.5 Å². The van der Waals surface area contributed by atoms with E-state index in [1.165, 1.54) is 5.56 Å². The predicted molar refractivity (Wildman–Crippen MR) is 72.8 cm³/mol. The van der Waals surface area contributed by atoms with E-state index in [-0.39, 0.29) is 6.54 Å². The second kappa shape index (κ2) is 8.82. The summed E-state index contributed by atoms with van der Waals surface area (Å²) in [6.45, 7) is 4.53. The van der Waals surface area contributed by atoms with Crippen molar-refractivity contribution in [2.24, 2.45) is 0 Å². The average Bonchev–Trinajstić information content (AvgIpc) is 2.37. The minimum Gasteiger partial charge on any atom is -0.492 e. The number of alkyl halides is 2. The van der Waals surface area contributed by atoms with Crippen LogP contribution in [-0.4, -0.2) is 44.6 Å². The molecule has 0 atom stereocenters. The minimum atomic E-state index is -2.30. The highest BCUT2D eigenvalue weighted by atomic mass is 19.3. The van der Waals surface area contributed by atoms with Crippen LogP contribution in [0, 0.1) is 0 Å². The summed E-state index contributed by atoms with van der Waals surface area (Å²) >= 11 is 0. The van der Waals surface area contributed by atoms with E-state index in [9.17, 15) is 8.78 Å². The number of benzene rings is 1. The molecule has 0 saturated heterocycles. The molecule has 0 aliphatic carbocycles. The minimum absolute atomic E-state index is 0.217. The van der Waals surface area contributed by atoms with Crippen LogP contribution in [0.5, 0.6) is 5.75 Å². The zero-order valence-electron chi connectivity index (χ0n) is 11.5. The van der Waals surface area contributed by atoms with Gasteiger partial charge in [-0.25, -0.2) is 8.78 Å². The molecule has 0 aromatic heterocycles. The van der Waals surface area contributed by atoms with Gasteiger partial charge in [0.1, 0.15) is 12.4 Å². The normalized spacial score (nSPS) is 11.3. The van der Waals surface area contributed by atoms with Crippen LogP contribution >= 0.6 is 0 Å². The van der Waals surface area contributed by atoms with Crippen LogP contribution in [0.2, 0.25) is 0 Å². The highest BCUT2D eigenvalue weighted by molar-refractivity contribution is 5.27. The van der Waals surface area contributed by atoms with Gasteiger partial charge in [0.25, 0.3) is 6.43 Å². The van der Waals surface area contributed by atoms with Gasteiger partial charge in [-0.15, -0.1) is 0 Å². The molecule has 0 amide bonds. The van der Waals surface area contributed by atoms with Crippen molar-refractivity contribution in [3.63, 3.8) is 0 Å². The average molecular weight is 272 g/mol. The van der Waals surface area contributed by atoms with Crippen LogP contribution in [0.1, 0.15) is 12.5 Å². The van der Waals surface area contributed by atoms with Crippen molar-refractivity contribution in [3.8, 4) is 5.75 Å². The molecule has 0 fully saturated rings. The maximum atomic E-state index is 12.1. The fraction of sp³-hybridized carbons (Fsp3) is 0.571. The Hall–Kier alpha value is -1.20. The first kappa shape index (κ1) is 15.9. The summed E-state index contributed by atoms with van der Waals surface area (Å²) < 4.78 is 29.7. The first-order chi connectivity index (χ1) is 9.11. The Morgan fingerprint density at radius 3 is 2.53 bits per heavy atom. The molecule has 0 unspecified atom stereocenters. The quantitative estimate of drug-likeness (QED) is 0.747. The van der Waals surface area contributed by atoms with Gasteiger partial charge in [0, 0.05) is 13.1 Å². The Morgan fingerprint density at radius 1 is 1.26 bits per heavy atom. The van der Waals surface area contributed by atoms with Crippen LogP contribution in [0.15, 0.2) is 24.3 Å². The van der Waals surface area contributed by atoms with Gasteiger partial charge >= 0.3 is 0 Å². The molecule has 0 aliphatic rings. The zero-order valence-corrected chi connectivity index (χ0v) is 11.5. The highest BCUT2D eigenvalue weighted by Crippen LogP contribution is 2.12.